The van der Waals surface area contributed by atoms with Gasteiger partial charge >= 0.3 is 6.03 Å². The lowest BCUT2D eigenvalue weighted by molar-refractivity contribution is -0.954. The fourth-order valence-corrected chi connectivity index (χ4v) is 5.53. The highest BCUT2D eigenvalue weighted by atomic mass is 32.1. The zero-order chi connectivity index (χ0) is 18.1. The van der Waals surface area contributed by atoms with E-state index in [1.54, 1.807) is 4.90 Å². The van der Waals surface area contributed by atoms with Crippen LogP contribution < -0.4 is 15.5 Å². The van der Waals surface area contributed by atoms with Crippen molar-refractivity contribution in [2.45, 2.75) is 64.2 Å². The molecule has 0 saturated carbocycles. The summed E-state index contributed by atoms with van der Waals surface area (Å²) in [6.07, 6.45) is 4.78. The fourth-order valence-electron chi connectivity index (χ4n) is 4.80. The SMILES string of the molecule is Cc1cccc(C)c1NC(=O)NC1C[C@H]2CC[C@@H](C1)[NH+]2Cc1cccs1. The minimum Gasteiger partial charge on any atom is -0.335 e. The van der Waals surface area contributed by atoms with E-state index in [9.17, 15) is 4.79 Å². The van der Waals surface area contributed by atoms with Crippen molar-refractivity contribution in [2.24, 2.45) is 0 Å². The Morgan fingerprint density at radius 1 is 1.12 bits per heavy atom. The average Bonchev–Trinajstić information content (AvgIpc) is 3.18. The highest BCUT2D eigenvalue weighted by Crippen LogP contribution is 2.25. The Labute approximate surface area is 159 Å². The van der Waals surface area contributed by atoms with Crippen LogP contribution in [0.3, 0.4) is 0 Å². The minimum atomic E-state index is -0.0616. The van der Waals surface area contributed by atoms with Crippen LogP contribution in [-0.4, -0.2) is 24.2 Å². The first-order chi connectivity index (χ1) is 12.6. The van der Waals surface area contributed by atoms with E-state index >= 15 is 0 Å². The number of anilines is 1. The molecule has 1 aromatic carbocycles. The summed E-state index contributed by atoms with van der Waals surface area (Å²) in [5, 5.41) is 8.48. The van der Waals surface area contributed by atoms with Gasteiger partial charge in [0.25, 0.3) is 0 Å². The predicted molar refractivity (Wildman–Crippen MR) is 107 cm³/mol. The second-order valence-corrected chi connectivity index (χ2v) is 8.87. The van der Waals surface area contributed by atoms with Crippen molar-refractivity contribution in [3.63, 3.8) is 0 Å². The third-order valence-electron chi connectivity index (χ3n) is 6.06. The summed E-state index contributed by atoms with van der Waals surface area (Å²) in [6, 6.07) is 12.1. The van der Waals surface area contributed by atoms with Gasteiger partial charge in [0.1, 0.15) is 6.54 Å². The maximum atomic E-state index is 12.5. The lowest BCUT2D eigenvalue weighted by Gasteiger charge is -2.36. The van der Waals surface area contributed by atoms with Gasteiger partial charge in [0, 0.05) is 37.4 Å². The minimum absolute atomic E-state index is 0.0616. The molecule has 3 N–H and O–H groups in total. The van der Waals surface area contributed by atoms with Crippen molar-refractivity contribution in [1.29, 1.82) is 0 Å². The van der Waals surface area contributed by atoms with Gasteiger partial charge in [-0.05, 0) is 36.4 Å². The summed E-state index contributed by atoms with van der Waals surface area (Å²) in [4.78, 5) is 15.7. The van der Waals surface area contributed by atoms with Crippen LogP contribution in [0, 0.1) is 13.8 Å². The van der Waals surface area contributed by atoms with Gasteiger partial charge in [-0.25, -0.2) is 4.79 Å². The number of piperidine rings is 1. The monoisotopic (exact) mass is 370 g/mol. The number of quaternary nitrogens is 1. The second kappa shape index (κ2) is 7.41. The van der Waals surface area contributed by atoms with Gasteiger partial charge in [-0.15, -0.1) is 11.3 Å². The van der Waals surface area contributed by atoms with Gasteiger partial charge in [-0.3, -0.25) is 0 Å². The molecular weight excluding hydrogens is 342 g/mol. The zero-order valence-electron chi connectivity index (χ0n) is 15.5. The number of amides is 2. The molecule has 138 valence electrons. The van der Waals surface area contributed by atoms with Crippen LogP contribution >= 0.6 is 11.3 Å². The zero-order valence-corrected chi connectivity index (χ0v) is 16.4. The van der Waals surface area contributed by atoms with Gasteiger partial charge in [0.05, 0.1) is 17.0 Å². The molecule has 2 amide bonds. The molecule has 0 aliphatic carbocycles. The number of aryl methyl sites for hydroxylation is 2. The molecule has 26 heavy (non-hydrogen) atoms. The molecule has 2 saturated heterocycles. The summed E-state index contributed by atoms with van der Waals surface area (Å²) < 4.78 is 0. The van der Waals surface area contributed by atoms with Crippen molar-refractivity contribution in [3.05, 3.63) is 51.7 Å². The number of hydrogen-bond donors (Lipinski definition) is 3. The number of rotatable bonds is 4. The Morgan fingerprint density at radius 3 is 2.42 bits per heavy atom. The molecule has 2 aliphatic heterocycles. The van der Waals surface area contributed by atoms with E-state index in [1.165, 1.54) is 17.7 Å². The Balaban J connectivity index is 1.35. The third kappa shape index (κ3) is 3.64. The number of urea groups is 1. The van der Waals surface area contributed by atoms with E-state index in [1.807, 2.05) is 43.4 Å². The largest absolute Gasteiger partial charge is 0.335 e. The molecule has 0 radical (unpaired) electrons. The Bertz CT molecular complexity index is 739. The van der Waals surface area contributed by atoms with Crippen LogP contribution in [0.1, 0.15) is 41.7 Å². The van der Waals surface area contributed by atoms with E-state index < -0.39 is 0 Å². The number of carbonyl (C=O) groups excluding carboxylic acids is 1. The van der Waals surface area contributed by atoms with Gasteiger partial charge < -0.3 is 15.5 Å². The molecule has 4 nitrogen and oxygen atoms in total. The van der Waals surface area contributed by atoms with E-state index in [-0.39, 0.29) is 6.03 Å². The predicted octanol–water partition coefficient (Wildman–Crippen LogP) is 3.26. The highest BCUT2D eigenvalue weighted by Gasteiger charge is 2.44. The standard InChI is InChI=1S/C21H27N3OS/c1-14-5-3-6-15(2)20(14)23-21(25)22-16-11-17-8-9-18(12-16)24(17)13-19-7-4-10-26-19/h3-7,10,16-18H,8-9,11-13H2,1-2H3,(H2,22,23,25)/p+1/t16?,17-,18+. The lowest BCUT2D eigenvalue weighted by atomic mass is 9.97. The van der Waals surface area contributed by atoms with Crippen LogP contribution in [-0.2, 0) is 6.54 Å². The van der Waals surface area contributed by atoms with Crippen molar-refractivity contribution < 1.29 is 9.69 Å². The Kier molecular flexibility index (Phi) is 5.00. The third-order valence-corrected chi connectivity index (χ3v) is 6.94. The van der Waals surface area contributed by atoms with Crippen LogP contribution in [0.15, 0.2) is 35.7 Å². The van der Waals surface area contributed by atoms with E-state index in [4.69, 9.17) is 0 Å². The first-order valence-electron chi connectivity index (χ1n) is 9.62. The summed E-state index contributed by atoms with van der Waals surface area (Å²) in [5.74, 6) is 0. The smallest absolute Gasteiger partial charge is 0.319 e. The topological polar surface area (TPSA) is 45.6 Å². The highest BCUT2D eigenvalue weighted by molar-refractivity contribution is 7.09. The van der Waals surface area contributed by atoms with Crippen LogP contribution in [0.4, 0.5) is 10.5 Å². The molecule has 2 unspecified atom stereocenters. The normalized spacial score (nSPS) is 27.3. The summed E-state index contributed by atoms with van der Waals surface area (Å²) >= 11 is 1.86. The molecule has 4 rings (SSSR count). The number of carbonyl (C=O) groups is 1. The first kappa shape index (κ1) is 17.6. The fraction of sp³-hybridized carbons (Fsp3) is 0.476. The number of thiophene rings is 1. The van der Waals surface area contributed by atoms with Crippen molar-refractivity contribution >= 4 is 23.1 Å². The van der Waals surface area contributed by atoms with Crippen LogP contribution in [0.25, 0.3) is 0 Å². The molecule has 2 fully saturated rings. The van der Waals surface area contributed by atoms with E-state index in [0.717, 1.165) is 36.2 Å². The van der Waals surface area contributed by atoms with Gasteiger partial charge in [-0.1, -0.05) is 24.3 Å². The molecule has 5 heteroatoms. The first-order valence-corrected chi connectivity index (χ1v) is 10.5. The molecule has 3 heterocycles. The van der Waals surface area contributed by atoms with Crippen molar-refractivity contribution in [3.8, 4) is 0 Å². The van der Waals surface area contributed by atoms with Gasteiger partial charge in [-0.2, -0.15) is 0 Å². The van der Waals surface area contributed by atoms with Crippen LogP contribution in [0.2, 0.25) is 0 Å². The van der Waals surface area contributed by atoms with Gasteiger partial charge in [0.2, 0.25) is 0 Å². The van der Waals surface area contributed by atoms with Crippen LogP contribution in [0.5, 0.6) is 0 Å². The maximum Gasteiger partial charge on any atom is 0.319 e. The lowest BCUT2D eigenvalue weighted by Crippen LogP contribution is -3.17. The van der Waals surface area contributed by atoms with Crippen molar-refractivity contribution in [2.75, 3.05) is 5.32 Å². The quantitative estimate of drug-likeness (QED) is 0.760. The number of para-hydroxylation sites is 1. The number of benzene rings is 1. The molecule has 2 aliphatic rings. The molecular formula is C21H28N3OS+. The molecule has 2 bridgehead atoms. The second-order valence-electron chi connectivity index (χ2n) is 7.84. The number of fused-ring (bicyclic) bond motifs is 2. The van der Waals surface area contributed by atoms with E-state index in [0.29, 0.717) is 18.1 Å². The Morgan fingerprint density at radius 2 is 1.81 bits per heavy atom. The number of hydrogen-bond acceptors (Lipinski definition) is 2. The number of nitrogens with one attached hydrogen (secondary N) is 3. The summed E-state index contributed by atoms with van der Waals surface area (Å²) in [5.41, 5.74) is 3.15. The molecule has 0 spiro atoms. The molecule has 4 atom stereocenters. The molecule has 1 aromatic heterocycles. The van der Waals surface area contributed by atoms with E-state index in [2.05, 4.69) is 28.1 Å². The maximum absolute atomic E-state index is 12.5. The Hall–Kier alpha value is -1.85. The molecule has 2 aromatic rings. The van der Waals surface area contributed by atoms with Crippen molar-refractivity contribution in [1.82, 2.24) is 5.32 Å². The summed E-state index contributed by atoms with van der Waals surface area (Å²) in [6.45, 7) is 5.22. The summed E-state index contributed by atoms with van der Waals surface area (Å²) in [7, 11) is 0. The van der Waals surface area contributed by atoms with Gasteiger partial charge in [0.15, 0.2) is 0 Å². The average molecular weight is 371 g/mol.